The number of carbonyl (C=O) groups excluding carboxylic acids is 1. The first-order valence-corrected chi connectivity index (χ1v) is 9.47. The second-order valence-corrected chi connectivity index (χ2v) is 6.92. The number of rotatable bonds is 5. The van der Waals surface area contributed by atoms with Crippen LogP contribution in [0.3, 0.4) is 0 Å². The van der Waals surface area contributed by atoms with Gasteiger partial charge in [0, 0.05) is 5.56 Å². The Morgan fingerprint density at radius 2 is 1.46 bits per heavy atom. The van der Waals surface area contributed by atoms with Crippen LogP contribution < -0.4 is 15.4 Å². The molecule has 0 unspecified atom stereocenters. The average molecular weight is 391 g/mol. The third-order valence-corrected chi connectivity index (χ3v) is 4.18. The Kier molecular flexibility index (Phi) is 6.40. The van der Waals surface area contributed by atoms with Gasteiger partial charge in [0.1, 0.15) is 5.75 Å². The lowest BCUT2D eigenvalue weighted by Gasteiger charge is -2.16. The summed E-state index contributed by atoms with van der Waals surface area (Å²) >= 11 is 5.29. The minimum atomic E-state index is -0.264. The van der Waals surface area contributed by atoms with Crippen molar-refractivity contribution in [3.8, 4) is 16.9 Å². The maximum absolute atomic E-state index is 12.5. The van der Waals surface area contributed by atoms with E-state index in [0.717, 1.165) is 11.1 Å². The lowest BCUT2D eigenvalue weighted by molar-refractivity contribution is 0.0977. The highest BCUT2D eigenvalue weighted by Crippen LogP contribution is 2.25. The first kappa shape index (κ1) is 19.6. The molecule has 0 aromatic heterocycles. The van der Waals surface area contributed by atoms with E-state index >= 15 is 0 Å². The van der Waals surface area contributed by atoms with E-state index in [4.69, 9.17) is 17.0 Å². The number of para-hydroxylation sites is 2. The van der Waals surface area contributed by atoms with Gasteiger partial charge in [-0.3, -0.25) is 10.1 Å². The Bertz CT molecular complexity index is 954. The van der Waals surface area contributed by atoms with Crippen molar-refractivity contribution in [2.75, 3.05) is 5.32 Å². The summed E-state index contributed by atoms with van der Waals surface area (Å²) in [4.78, 5) is 12.5. The zero-order valence-corrected chi connectivity index (χ0v) is 16.6. The minimum absolute atomic E-state index is 0.0363. The van der Waals surface area contributed by atoms with Crippen molar-refractivity contribution in [1.29, 1.82) is 0 Å². The van der Waals surface area contributed by atoms with Gasteiger partial charge in [0.25, 0.3) is 5.91 Å². The summed E-state index contributed by atoms with van der Waals surface area (Å²) in [5, 5.41) is 5.96. The molecule has 0 aliphatic carbocycles. The van der Waals surface area contributed by atoms with E-state index < -0.39 is 0 Å². The Morgan fingerprint density at radius 3 is 2.14 bits per heavy atom. The van der Waals surface area contributed by atoms with Crippen molar-refractivity contribution in [2.24, 2.45) is 0 Å². The summed E-state index contributed by atoms with van der Waals surface area (Å²) < 4.78 is 5.76. The van der Waals surface area contributed by atoms with Gasteiger partial charge in [0.15, 0.2) is 5.11 Å². The molecule has 28 heavy (non-hydrogen) atoms. The van der Waals surface area contributed by atoms with Gasteiger partial charge in [0.05, 0.1) is 11.8 Å². The molecule has 4 nitrogen and oxygen atoms in total. The lowest BCUT2D eigenvalue weighted by Crippen LogP contribution is -2.34. The average Bonchev–Trinajstić information content (AvgIpc) is 2.70. The van der Waals surface area contributed by atoms with Crippen molar-refractivity contribution in [3.63, 3.8) is 0 Å². The Hall–Kier alpha value is -3.18. The molecule has 0 atom stereocenters. The van der Waals surface area contributed by atoms with Crippen LogP contribution in [0.1, 0.15) is 24.2 Å². The molecule has 0 saturated heterocycles. The number of amides is 1. The molecular formula is C23H22N2O2S. The van der Waals surface area contributed by atoms with Crippen LogP contribution in [0.4, 0.5) is 5.69 Å². The van der Waals surface area contributed by atoms with Crippen LogP contribution in [-0.2, 0) is 0 Å². The third-order valence-electron chi connectivity index (χ3n) is 3.98. The van der Waals surface area contributed by atoms with Crippen molar-refractivity contribution in [3.05, 3.63) is 84.4 Å². The summed E-state index contributed by atoms with van der Waals surface area (Å²) in [6, 6.07) is 24.9. The SMILES string of the molecule is CC(C)Oc1ccccc1NC(=S)NC(=O)c1ccc(-c2ccccc2)cc1. The van der Waals surface area contributed by atoms with Crippen LogP contribution in [-0.4, -0.2) is 17.1 Å². The van der Waals surface area contributed by atoms with Gasteiger partial charge in [0.2, 0.25) is 0 Å². The van der Waals surface area contributed by atoms with Gasteiger partial charge >= 0.3 is 0 Å². The standard InChI is InChI=1S/C23H22N2O2S/c1-16(2)27-21-11-7-6-10-20(21)24-23(28)25-22(26)19-14-12-18(13-15-19)17-8-4-3-5-9-17/h3-16H,1-2H3,(H2,24,25,26,28). The highest BCUT2D eigenvalue weighted by molar-refractivity contribution is 7.80. The number of anilines is 1. The number of hydrogen-bond acceptors (Lipinski definition) is 3. The number of thiocarbonyl (C=S) groups is 1. The van der Waals surface area contributed by atoms with Crippen molar-refractivity contribution in [2.45, 2.75) is 20.0 Å². The monoisotopic (exact) mass is 390 g/mol. The molecule has 0 saturated carbocycles. The summed E-state index contributed by atoms with van der Waals surface area (Å²) in [6.07, 6.45) is 0.0363. The second-order valence-electron chi connectivity index (χ2n) is 6.51. The predicted octanol–water partition coefficient (Wildman–Crippen LogP) is 5.27. The van der Waals surface area contributed by atoms with Gasteiger partial charge in [-0.05, 0) is 61.5 Å². The number of benzene rings is 3. The Morgan fingerprint density at radius 1 is 0.857 bits per heavy atom. The zero-order valence-electron chi connectivity index (χ0n) is 15.8. The molecule has 0 bridgehead atoms. The zero-order chi connectivity index (χ0) is 19.9. The smallest absolute Gasteiger partial charge is 0.257 e. The molecule has 0 radical (unpaired) electrons. The van der Waals surface area contributed by atoms with Crippen LogP contribution in [0.15, 0.2) is 78.9 Å². The topological polar surface area (TPSA) is 50.4 Å². The van der Waals surface area contributed by atoms with Gasteiger partial charge in [-0.2, -0.15) is 0 Å². The number of ether oxygens (including phenoxy) is 1. The molecule has 0 fully saturated rings. The highest BCUT2D eigenvalue weighted by Gasteiger charge is 2.11. The van der Waals surface area contributed by atoms with Crippen LogP contribution in [0.2, 0.25) is 0 Å². The largest absolute Gasteiger partial charge is 0.489 e. The number of hydrogen-bond donors (Lipinski definition) is 2. The van der Waals surface area contributed by atoms with Crippen molar-refractivity contribution in [1.82, 2.24) is 5.32 Å². The molecule has 3 aromatic carbocycles. The molecule has 3 aromatic rings. The molecule has 0 heterocycles. The summed E-state index contributed by atoms with van der Waals surface area (Å²) in [5.41, 5.74) is 3.41. The maximum Gasteiger partial charge on any atom is 0.257 e. The first-order chi connectivity index (χ1) is 13.5. The van der Waals surface area contributed by atoms with Gasteiger partial charge in [-0.1, -0.05) is 54.6 Å². The minimum Gasteiger partial charge on any atom is -0.489 e. The molecule has 1 amide bonds. The first-order valence-electron chi connectivity index (χ1n) is 9.06. The van der Waals surface area contributed by atoms with E-state index in [2.05, 4.69) is 10.6 Å². The number of nitrogens with one attached hydrogen (secondary N) is 2. The van der Waals surface area contributed by atoms with Gasteiger partial charge in [-0.25, -0.2) is 0 Å². The summed E-state index contributed by atoms with van der Waals surface area (Å²) in [7, 11) is 0. The fourth-order valence-electron chi connectivity index (χ4n) is 2.70. The van der Waals surface area contributed by atoms with Crippen LogP contribution >= 0.6 is 12.2 Å². The molecule has 0 aliphatic rings. The van der Waals surface area contributed by atoms with Crippen LogP contribution in [0.25, 0.3) is 11.1 Å². The quantitative estimate of drug-likeness (QED) is 0.583. The van der Waals surface area contributed by atoms with Crippen LogP contribution in [0, 0.1) is 0 Å². The normalized spacial score (nSPS) is 10.4. The fourth-order valence-corrected chi connectivity index (χ4v) is 2.90. The fraction of sp³-hybridized carbons (Fsp3) is 0.130. The lowest BCUT2D eigenvalue weighted by atomic mass is 10.0. The van der Waals surface area contributed by atoms with Crippen molar-refractivity contribution >= 4 is 28.9 Å². The molecule has 3 rings (SSSR count). The van der Waals surface area contributed by atoms with E-state index in [9.17, 15) is 4.79 Å². The van der Waals surface area contributed by atoms with Gasteiger partial charge < -0.3 is 10.1 Å². The van der Waals surface area contributed by atoms with Gasteiger partial charge in [-0.15, -0.1) is 0 Å². The van der Waals surface area contributed by atoms with E-state index in [0.29, 0.717) is 17.0 Å². The molecule has 2 N–H and O–H groups in total. The molecule has 0 spiro atoms. The van der Waals surface area contributed by atoms with E-state index in [1.165, 1.54) is 0 Å². The van der Waals surface area contributed by atoms with Crippen molar-refractivity contribution < 1.29 is 9.53 Å². The Balaban J connectivity index is 1.64. The van der Waals surface area contributed by atoms with E-state index in [-0.39, 0.29) is 17.1 Å². The predicted molar refractivity (Wildman–Crippen MR) is 118 cm³/mol. The van der Waals surface area contributed by atoms with Crippen LogP contribution in [0.5, 0.6) is 5.75 Å². The molecule has 0 aliphatic heterocycles. The van der Waals surface area contributed by atoms with E-state index in [1.807, 2.05) is 80.6 Å². The second kappa shape index (κ2) is 9.15. The summed E-state index contributed by atoms with van der Waals surface area (Å²) in [5.74, 6) is 0.417. The molecule has 142 valence electrons. The Labute approximate surface area is 170 Å². The third kappa shape index (κ3) is 5.18. The maximum atomic E-state index is 12.5. The molecule has 5 heteroatoms. The molecular weight excluding hydrogens is 368 g/mol. The van der Waals surface area contributed by atoms with E-state index in [1.54, 1.807) is 12.1 Å². The number of carbonyl (C=O) groups is 1. The summed E-state index contributed by atoms with van der Waals surface area (Å²) in [6.45, 7) is 3.91. The highest BCUT2D eigenvalue weighted by atomic mass is 32.1.